The first-order valence-corrected chi connectivity index (χ1v) is 20.5. The second-order valence-corrected chi connectivity index (χ2v) is 15.0. The summed E-state index contributed by atoms with van der Waals surface area (Å²) in [5.74, 6) is -0.168. The third-order valence-electron chi connectivity index (χ3n) is 11.0. The lowest BCUT2D eigenvalue weighted by Crippen LogP contribution is -2.22. The van der Waals surface area contributed by atoms with E-state index >= 15 is 0 Å². The lowest BCUT2D eigenvalue weighted by atomic mass is 10.0. The fourth-order valence-electron chi connectivity index (χ4n) is 8.19. The quantitative estimate of drug-likeness (QED) is 0.0947. The van der Waals surface area contributed by atoms with E-state index in [0.717, 1.165) is 108 Å². The molecule has 0 radical (unpaired) electrons. The average Bonchev–Trinajstić information content (AvgIpc) is 4.18. The Balaban J connectivity index is 1.28. The summed E-state index contributed by atoms with van der Waals surface area (Å²) in [6, 6.07) is 47.9. The first kappa shape index (κ1) is 37.2. The molecule has 0 saturated carbocycles. The number of hydrogen-bond donors (Lipinski definition) is 3. The van der Waals surface area contributed by atoms with E-state index in [0.29, 0.717) is 6.54 Å². The molecular weight excluding hydrogens is 751 g/mol. The zero-order chi connectivity index (χ0) is 41.0. The number of benzene rings is 4. The predicted molar refractivity (Wildman–Crippen MR) is 249 cm³/mol. The SMILES string of the molecule is O=C(C=Cc1cc2[nH]c1c(-c1ccccc1)c1nc(c(-c3ccccc3)c3ccc([nH]3)c(-c3ccccc3)c3nc(c2-c2ccccc2)C=C3)C=C1)NCCCn1ccnc1. The van der Waals surface area contributed by atoms with Crippen molar-refractivity contribution in [2.75, 3.05) is 6.54 Å². The molecule has 6 heterocycles. The minimum Gasteiger partial charge on any atom is -0.354 e. The number of nitrogens with zero attached hydrogens (tertiary/aromatic N) is 4. The van der Waals surface area contributed by atoms with Gasteiger partial charge in [-0.15, -0.1) is 0 Å². The highest BCUT2D eigenvalue weighted by Crippen LogP contribution is 2.39. The number of aromatic amines is 2. The Morgan fingerprint density at radius 1 is 0.574 bits per heavy atom. The van der Waals surface area contributed by atoms with Gasteiger partial charge in [-0.25, -0.2) is 15.0 Å². The second-order valence-electron chi connectivity index (χ2n) is 15.0. The summed E-state index contributed by atoms with van der Waals surface area (Å²) in [7, 11) is 0. The fourth-order valence-corrected chi connectivity index (χ4v) is 8.19. The minimum absolute atomic E-state index is 0.168. The number of rotatable bonds is 10. The number of aryl methyl sites for hydroxylation is 1. The third kappa shape index (κ3) is 7.66. The maximum atomic E-state index is 13.4. The lowest BCUT2D eigenvalue weighted by Gasteiger charge is -2.07. The molecule has 2 aliphatic heterocycles. The first-order chi connectivity index (χ1) is 30.2. The van der Waals surface area contributed by atoms with Gasteiger partial charge in [0.1, 0.15) is 0 Å². The maximum absolute atomic E-state index is 13.4. The van der Waals surface area contributed by atoms with Crippen molar-refractivity contribution >= 4 is 58.4 Å². The highest BCUT2D eigenvalue weighted by Gasteiger charge is 2.20. The molecule has 8 nitrogen and oxygen atoms in total. The molecule has 0 spiro atoms. The standard InChI is InChI=1S/C53H41N7O/c61-48(55-30-13-32-60-33-31-54-35-60)29-22-40-34-47-51(38-18-9-3-10-19-38)45-26-25-43(57-45)49(36-14-5-1-6-15-36)41-23-24-42(56-41)50(37-16-7-2-8-17-37)44-27-28-46(58-44)52(53(40)59-47)39-20-11-4-12-21-39/h1-12,14-29,31,33-35,56,59H,13,30,32H2,(H,55,61). The van der Waals surface area contributed by atoms with Crippen LogP contribution in [-0.2, 0) is 11.3 Å². The van der Waals surface area contributed by atoms with Crippen LogP contribution in [0.15, 0.2) is 164 Å². The van der Waals surface area contributed by atoms with Gasteiger partial charge in [0.05, 0.1) is 34.6 Å². The molecule has 1 amide bonds. The molecule has 8 heteroatoms. The zero-order valence-corrected chi connectivity index (χ0v) is 33.3. The Morgan fingerprint density at radius 2 is 1.05 bits per heavy atom. The van der Waals surface area contributed by atoms with Gasteiger partial charge in [-0.1, -0.05) is 121 Å². The summed E-state index contributed by atoms with van der Waals surface area (Å²) in [5, 5.41) is 3.07. The maximum Gasteiger partial charge on any atom is 0.244 e. The summed E-state index contributed by atoms with van der Waals surface area (Å²) in [4.78, 5) is 36.1. The highest BCUT2D eigenvalue weighted by molar-refractivity contribution is 6.03. The van der Waals surface area contributed by atoms with E-state index in [1.807, 2.05) is 65.4 Å². The molecule has 0 atom stereocenters. The number of H-pyrrole nitrogens is 2. The van der Waals surface area contributed by atoms with E-state index in [4.69, 9.17) is 9.97 Å². The molecule has 8 aromatic rings. The van der Waals surface area contributed by atoms with Crippen molar-refractivity contribution in [2.45, 2.75) is 13.0 Å². The van der Waals surface area contributed by atoms with Crippen LogP contribution in [-0.4, -0.2) is 41.9 Å². The van der Waals surface area contributed by atoms with Crippen molar-refractivity contribution in [1.82, 2.24) is 34.8 Å². The Labute approximate surface area is 353 Å². The van der Waals surface area contributed by atoms with E-state index in [1.165, 1.54) is 0 Å². The van der Waals surface area contributed by atoms with Gasteiger partial charge in [-0.3, -0.25) is 4.79 Å². The van der Waals surface area contributed by atoms with Crippen LogP contribution in [0.2, 0.25) is 0 Å². The molecule has 61 heavy (non-hydrogen) atoms. The summed E-state index contributed by atoms with van der Waals surface area (Å²) < 4.78 is 2.01. The summed E-state index contributed by atoms with van der Waals surface area (Å²) in [6.07, 6.45) is 18.2. The molecule has 0 aliphatic carbocycles. The monoisotopic (exact) mass is 791 g/mol. The van der Waals surface area contributed by atoms with Gasteiger partial charge >= 0.3 is 0 Å². The van der Waals surface area contributed by atoms with Gasteiger partial charge in [0.2, 0.25) is 5.91 Å². The Hall–Kier alpha value is -8.10. The van der Waals surface area contributed by atoms with Crippen LogP contribution in [0, 0.1) is 0 Å². The number of carbonyl (C=O) groups is 1. The van der Waals surface area contributed by atoms with Crippen LogP contribution in [0.1, 0.15) is 34.8 Å². The van der Waals surface area contributed by atoms with Gasteiger partial charge in [-0.2, -0.15) is 0 Å². The van der Waals surface area contributed by atoms with Crippen LogP contribution in [0.25, 0.3) is 97.0 Å². The molecule has 8 bridgehead atoms. The van der Waals surface area contributed by atoms with Crippen molar-refractivity contribution in [3.63, 3.8) is 0 Å². The predicted octanol–water partition coefficient (Wildman–Crippen LogP) is 11.7. The number of carbonyl (C=O) groups excluding carboxylic acids is 1. The number of amides is 1. The number of imidazole rings is 1. The van der Waals surface area contributed by atoms with Crippen LogP contribution in [0.5, 0.6) is 0 Å². The van der Waals surface area contributed by atoms with E-state index in [9.17, 15) is 4.79 Å². The Kier molecular flexibility index (Phi) is 10.1. The summed E-state index contributed by atoms with van der Waals surface area (Å²) in [6.45, 7) is 1.31. The highest BCUT2D eigenvalue weighted by atomic mass is 16.1. The van der Waals surface area contributed by atoms with Crippen molar-refractivity contribution in [3.05, 3.63) is 193 Å². The largest absolute Gasteiger partial charge is 0.354 e. The topological polar surface area (TPSA) is 104 Å². The molecule has 4 aromatic heterocycles. The number of aromatic nitrogens is 6. The normalized spacial score (nSPS) is 12.0. The van der Waals surface area contributed by atoms with Crippen LogP contribution < -0.4 is 5.32 Å². The van der Waals surface area contributed by atoms with Crippen molar-refractivity contribution in [3.8, 4) is 44.5 Å². The Morgan fingerprint density at radius 3 is 1.54 bits per heavy atom. The zero-order valence-electron chi connectivity index (χ0n) is 33.3. The molecule has 3 N–H and O–H groups in total. The van der Waals surface area contributed by atoms with Crippen LogP contribution in [0.4, 0.5) is 0 Å². The molecular formula is C53H41N7O. The Bertz CT molecular complexity index is 3120. The van der Waals surface area contributed by atoms with E-state index in [1.54, 1.807) is 18.6 Å². The lowest BCUT2D eigenvalue weighted by molar-refractivity contribution is -0.116. The average molecular weight is 792 g/mol. The van der Waals surface area contributed by atoms with Crippen LogP contribution >= 0.6 is 0 Å². The van der Waals surface area contributed by atoms with Crippen molar-refractivity contribution in [1.29, 1.82) is 0 Å². The van der Waals surface area contributed by atoms with Gasteiger partial charge in [-0.05, 0) is 77.3 Å². The smallest absolute Gasteiger partial charge is 0.244 e. The molecule has 10 rings (SSSR count). The first-order valence-electron chi connectivity index (χ1n) is 20.5. The third-order valence-corrected chi connectivity index (χ3v) is 11.0. The van der Waals surface area contributed by atoms with Crippen molar-refractivity contribution < 1.29 is 4.79 Å². The molecule has 0 fully saturated rings. The van der Waals surface area contributed by atoms with Gasteiger partial charge in [0.15, 0.2) is 0 Å². The molecule has 0 saturated heterocycles. The van der Waals surface area contributed by atoms with E-state index in [2.05, 4.69) is 136 Å². The number of fused-ring (bicyclic) bond motifs is 8. The molecule has 0 unspecified atom stereocenters. The summed E-state index contributed by atoms with van der Waals surface area (Å²) >= 11 is 0. The van der Waals surface area contributed by atoms with Gasteiger partial charge in [0, 0.05) is 75.9 Å². The van der Waals surface area contributed by atoms with Crippen molar-refractivity contribution in [2.24, 2.45) is 0 Å². The molecule has 294 valence electrons. The molecule has 2 aliphatic rings. The summed E-state index contributed by atoms with van der Waals surface area (Å²) in [5.41, 5.74) is 15.6. The number of hydrogen-bond acceptors (Lipinski definition) is 4. The van der Waals surface area contributed by atoms with E-state index in [-0.39, 0.29) is 5.91 Å². The minimum atomic E-state index is -0.168. The van der Waals surface area contributed by atoms with Crippen LogP contribution in [0.3, 0.4) is 0 Å². The fraction of sp³-hybridized carbons (Fsp3) is 0.0566. The van der Waals surface area contributed by atoms with E-state index < -0.39 is 0 Å². The van der Waals surface area contributed by atoms with Gasteiger partial charge in [0.25, 0.3) is 0 Å². The second kappa shape index (κ2) is 16.6. The van der Waals surface area contributed by atoms with Gasteiger partial charge < -0.3 is 19.9 Å². The molecule has 4 aromatic carbocycles. The number of nitrogens with one attached hydrogen (secondary N) is 3.